The summed E-state index contributed by atoms with van der Waals surface area (Å²) in [6.45, 7) is 0.116. The second-order valence-corrected chi connectivity index (χ2v) is 3.28. The number of carboxylic acids is 1. The van der Waals surface area contributed by atoms with Crippen LogP contribution >= 0.6 is 0 Å². The monoisotopic (exact) mass is 241 g/mol. The number of ether oxygens (including phenoxy) is 2. The van der Waals surface area contributed by atoms with Crippen LogP contribution in [-0.2, 0) is 4.74 Å². The lowest BCUT2D eigenvalue weighted by Gasteiger charge is -2.13. The SMILES string of the molecule is NC(COc1cccc(C(=O)O)c1)OCCO. The average Bonchev–Trinajstić information content (AvgIpc) is 2.34. The number of carboxylic acid groups (broad SMARTS) is 1. The Bertz CT molecular complexity index is 369. The van der Waals surface area contributed by atoms with Gasteiger partial charge in [-0.1, -0.05) is 6.07 Å². The quantitative estimate of drug-likeness (QED) is 0.583. The van der Waals surface area contributed by atoms with Gasteiger partial charge in [-0.15, -0.1) is 0 Å². The predicted octanol–water partition coefficient (Wildman–Crippen LogP) is 0.0573. The number of aromatic carboxylic acids is 1. The van der Waals surface area contributed by atoms with Crippen LogP contribution in [0.25, 0.3) is 0 Å². The Balaban J connectivity index is 2.46. The number of rotatable bonds is 7. The van der Waals surface area contributed by atoms with Gasteiger partial charge in [-0.05, 0) is 18.2 Å². The molecule has 0 radical (unpaired) electrons. The van der Waals surface area contributed by atoms with Gasteiger partial charge in [0.1, 0.15) is 18.6 Å². The third-order valence-electron chi connectivity index (χ3n) is 1.92. The Morgan fingerprint density at radius 2 is 2.24 bits per heavy atom. The van der Waals surface area contributed by atoms with E-state index in [9.17, 15) is 4.79 Å². The fourth-order valence-electron chi connectivity index (χ4n) is 1.15. The zero-order valence-electron chi connectivity index (χ0n) is 9.20. The number of benzene rings is 1. The van der Waals surface area contributed by atoms with E-state index in [1.807, 2.05) is 0 Å². The highest BCUT2D eigenvalue weighted by Gasteiger charge is 2.06. The van der Waals surface area contributed by atoms with E-state index < -0.39 is 12.2 Å². The van der Waals surface area contributed by atoms with Gasteiger partial charge in [0.15, 0.2) is 0 Å². The molecule has 0 fully saturated rings. The zero-order chi connectivity index (χ0) is 12.7. The smallest absolute Gasteiger partial charge is 0.335 e. The van der Waals surface area contributed by atoms with Crippen molar-refractivity contribution in [2.24, 2.45) is 5.73 Å². The molecule has 0 spiro atoms. The molecule has 0 amide bonds. The first-order valence-electron chi connectivity index (χ1n) is 5.07. The van der Waals surface area contributed by atoms with Crippen LogP contribution in [0.2, 0.25) is 0 Å². The average molecular weight is 241 g/mol. The Labute approximate surface area is 98.6 Å². The van der Waals surface area contributed by atoms with E-state index in [2.05, 4.69) is 0 Å². The minimum Gasteiger partial charge on any atom is -0.489 e. The molecular formula is C11H15NO5. The fraction of sp³-hybridized carbons (Fsp3) is 0.364. The standard InChI is InChI=1S/C11H15NO5/c12-10(16-5-4-13)7-17-9-3-1-2-8(6-9)11(14)15/h1-3,6,10,13H,4-5,7,12H2,(H,14,15). The molecule has 1 unspecified atom stereocenters. The molecular weight excluding hydrogens is 226 g/mol. The van der Waals surface area contributed by atoms with Crippen LogP contribution in [0.5, 0.6) is 5.75 Å². The molecule has 0 aliphatic carbocycles. The van der Waals surface area contributed by atoms with Gasteiger partial charge in [0.2, 0.25) is 0 Å². The molecule has 94 valence electrons. The Hall–Kier alpha value is -1.63. The third kappa shape index (κ3) is 4.81. The lowest BCUT2D eigenvalue weighted by atomic mass is 10.2. The molecule has 0 aliphatic rings. The van der Waals surface area contributed by atoms with E-state index in [1.54, 1.807) is 12.1 Å². The summed E-state index contributed by atoms with van der Waals surface area (Å²) in [6.07, 6.45) is -0.657. The molecule has 17 heavy (non-hydrogen) atoms. The number of nitrogens with two attached hydrogens (primary N) is 1. The van der Waals surface area contributed by atoms with Crippen molar-refractivity contribution in [1.82, 2.24) is 0 Å². The normalized spacial score (nSPS) is 12.1. The second kappa shape index (κ2) is 6.85. The Morgan fingerprint density at radius 3 is 2.88 bits per heavy atom. The maximum absolute atomic E-state index is 10.7. The van der Waals surface area contributed by atoms with Gasteiger partial charge >= 0.3 is 5.97 Å². The van der Waals surface area contributed by atoms with Crippen molar-refractivity contribution >= 4 is 5.97 Å². The number of hydrogen-bond acceptors (Lipinski definition) is 5. The first-order chi connectivity index (χ1) is 8.13. The molecule has 1 rings (SSSR count). The molecule has 0 saturated heterocycles. The van der Waals surface area contributed by atoms with E-state index >= 15 is 0 Å². The minimum atomic E-state index is -1.02. The first-order valence-corrected chi connectivity index (χ1v) is 5.07. The molecule has 0 aromatic heterocycles. The van der Waals surface area contributed by atoms with Crippen molar-refractivity contribution in [3.8, 4) is 5.75 Å². The highest BCUT2D eigenvalue weighted by atomic mass is 16.5. The highest BCUT2D eigenvalue weighted by molar-refractivity contribution is 5.87. The fourth-order valence-corrected chi connectivity index (χ4v) is 1.15. The van der Waals surface area contributed by atoms with E-state index in [0.717, 1.165) is 0 Å². The molecule has 6 heteroatoms. The van der Waals surface area contributed by atoms with Crippen LogP contribution < -0.4 is 10.5 Å². The lowest BCUT2D eigenvalue weighted by molar-refractivity contribution is 0.00641. The second-order valence-electron chi connectivity index (χ2n) is 3.28. The molecule has 1 aromatic rings. The van der Waals surface area contributed by atoms with Crippen molar-refractivity contribution in [1.29, 1.82) is 0 Å². The molecule has 0 bridgehead atoms. The van der Waals surface area contributed by atoms with Gasteiger partial charge in [0.25, 0.3) is 0 Å². The maximum atomic E-state index is 10.7. The molecule has 0 aliphatic heterocycles. The van der Waals surface area contributed by atoms with Crippen molar-refractivity contribution in [3.05, 3.63) is 29.8 Å². The maximum Gasteiger partial charge on any atom is 0.335 e. The van der Waals surface area contributed by atoms with Gasteiger partial charge in [0.05, 0.1) is 18.8 Å². The molecule has 6 nitrogen and oxygen atoms in total. The van der Waals surface area contributed by atoms with Crippen molar-refractivity contribution < 1.29 is 24.5 Å². The van der Waals surface area contributed by atoms with Gasteiger partial charge in [-0.2, -0.15) is 0 Å². The third-order valence-corrected chi connectivity index (χ3v) is 1.92. The first kappa shape index (κ1) is 13.4. The predicted molar refractivity (Wildman–Crippen MR) is 59.9 cm³/mol. The largest absolute Gasteiger partial charge is 0.489 e. The van der Waals surface area contributed by atoms with Gasteiger partial charge in [-0.25, -0.2) is 4.79 Å². The minimum absolute atomic E-state index is 0.0864. The number of hydrogen-bond donors (Lipinski definition) is 3. The van der Waals surface area contributed by atoms with Crippen molar-refractivity contribution in [2.75, 3.05) is 19.8 Å². The molecule has 4 N–H and O–H groups in total. The van der Waals surface area contributed by atoms with Crippen LogP contribution in [0, 0.1) is 0 Å². The van der Waals surface area contributed by atoms with E-state index in [1.165, 1.54) is 12.1 Å². The van der Waals surface area contributed by atoms with Crippen LogP contribution in [0.4, 0.5) is 0 Å². The van der Waals surface area contributed by atoms with E-state index in [-0.39, 0.29) is 25.4 Å². The summed E-state index contributed by atoms with van der Waals surface area (Å²) in [7, 11) is 0. The summed E-state index contributed by atoms with van der Waals surface area (Å²) < 4.78 is 10.2. The van der Waals surface area contributed by atoms with Crippen molar-refractivity contribution in [3.63, 3.8) is 0 Å². The molecule has 1 aromatic carbocycles. The number of aliphatic hydroxyl groups is 1. The van der Waals surface area contributed by atoms with E-state index in [4.69, 9.17) is 25.4 Å². The number of aliphatic hydroxyl groups excluding tert-OH is 1. The van der Waals surface area contributed by atoms with Crippen LogP contribution in [0.1, 0.15) is 10.4 Å². The Kier molecular flexibility index (Phi) is 5.41. The molecule has 1 atom stereocenters. The van der Waals surface area contributed by atoms with Crippen LogP contribution in [0.3, 0.4) is 0 Å². The number of carbonyl (C=O) groups is 1. The molecule has 0 heterocycles. The van der Waals surface area contributed by atoms with E-state index in [0.29, 0.717) is 5.75 Å². The zero-order valence-corrected chi connectivity index (χ0v) is 9.20. The lowest BCUT2D eigenvalue weighted by Crippen LogP contribution is -2.31. The summed E-state index contributed by atoms with van der Waals surface area (Å²) in [5.74, 6) is -0.607. The van der Waals surface area contributed by atoms with Gasteiger partial charge < -0.3 is 25.4 Å². The summed E-state index contributed by atoms with van der Waals surface area (Å²) in [5, 5.41) is 17.3. The van der Waals surface area contributed by atoms with Crippen LogP contribution in [0.15, 0.2) is 24.3 Å². The molecule has 0 saturated carbocycles. The van der Waals surface area contributed by atoms with Crippen LogP contribution in [-0.4, -0.2) is 42.2 Å². The summed E-state index contributed by atoms with van der Waals surface area (Å²) in [5.41, 5.74) is 5.68. The summed E-state index contributed by atoms with van der Waals surface area (Å²) in [6, 6.07) is 6.09. The summed E-state index contributed by atoms with van der Waals surface area (Å²) >= 11 is 0. The van der Waals surface area contributed by atoms with Gasteiger partial charge in [0, 0.05) is 0 Å². The Morgan fingerprint density at radius 1 is 1.47 bits per heavy atom. The summed E-state index contributed by atoms with van der Waals surface area (Å²) in [4.78, 5) is 10.7. The topological polar surface area (TPSA) is 102 Å². The van der Waals surface area contributed by atoms with Crippen molar-refractivity contribution in [2.45, 2.75) is 6.23 Å². The highest BCUT2D eigenvalue weighted by Crippen LogP contribution is 2.13. The van der Waals surface area contributed by atoms with Gasteiger partial charge in [-0.3, -0.25) is 0 Å².